The van der Waals surface area contributed by atoms with Gasteiger partial charge in [0.05, 0.1) is 21.4 Å². The van der Waals surface area contributed by atoms with E-state index in [4.69, 9.17) is 46.4 Å². The zero-order valence-electron chi connectivity index (χ0n) is 10.4. The summed E-state index contributed by atoms with van der Waals surface area (Å²) in [6.45, 7) is 1.87. The first kappa shape index (κ1) is 15.5. The average molecular weight is 348 g/mol. The Bertz CT molecular complexity index is 628. The summed E-state index contributed by atoms with van der Waals surface area (Å²) in [6, 6.07) is 10.6. The van der Waals surface area contributed by atoms with Crippen LogP contribution in [0.5, 0.6) is 0 Å². The minimum atomic E-state index is 0.412. The summed E-state index contributed by atoms with van der Waals surface area (Å²) in [6.07, 6.45) is 0. The summed E-state index contributed by atoms with van der Waals surface area (Å²) >= 11 is 23.8. The molecule has 2 aromatic rings. The van der Waals surface area contributed by atoms with Crippen molar-refractivity contribution in [1.29, 1.82) is 0 Å². The molecule has 2 rings (SSSR count). The molecule has 0 aromatic heterocycles. The SMILES string of the molecule is C/C(=N\Nc1c(Cl)cc(Cl)cc1Cl)c1ccc(Cl)cc1. The van der Waals surface area contributed by atoms with E-state index in [9.17, 15) is 0 Å². The number of nitrogens with one attached hydrogen (secondary N) is 1. The lowest BCUT2D eigenvalue weighted by Crippen LogP contribution is -2.00. The van der Waals surface area contributed by atoms with Crippen LogP contribution in [-0.4, -0.2) is 5.71 Å². The van der Waals surface area contributed by atoms with Gasteiger partial charge in [0.2, 0.25) is 0 Å². The van der Waals surface area contributed by atoms with Gasteiger partial charge in [-0.05, 0) is 36.8 Å². The lowest BCUT2D eigenvalue weighted by atomic mass is 10.1. The molecule has 20 heavy (non-hydrogen) atoms. The Labute approximate surface area is 137 Å². The average Bonchev–Trinajstić information content (AvgIpc) is 2.38. The maximum atomic E-state index is 6.07. The van der Waals surface area contributed by atoms with Crippen LogP contribution in [0.15, 0.2) is 41.5 Å². The summed E-state index contributed by atoms with van der Waals surface area (Å²) in [4.78, 5) is 0. The van der Waals surface area contributed by atoms with Gasteiger partial charge in [0, 0.05) is 10.0 Å². The van der Waals surface area contributed by atoms with Crippen molar-refractivity contribution in [2.24, 2.45) is 5.10 Å². The van der Waals surface area contributed by atoms with Gasteiger partial charge in [-0.3, -0.25) is 5.43 Å². The highest BCUT2D eigenvalue weighted by molar-refractivity contribution is 6.41. The molecule has 1 N–H and O–H groups in total. The summed E-state index contributed by atoms with van der Waals surface area (Å²) in [5.74, 6) is 0. The highest BCUT2D eigenvalue weighted by Crippen LogP contribution is 2.33. The number of nitrogens with zero attached hydrogens (tertiary/aromatic N) is 1. The quantitative estimate of drug-likeness (QED) is 0.523. The van der Waals surface area contributed by atoms with E-state index in [1.165, 1.54) is 0 Å². The molecule has 0 heterocycles. The Balaban J connectivity index is 2.23. The zero-order chi connectivity index (χ0) is 14.7. The standard InChI is InChI=1S/C14H10Cl4N2/c1-8(9-2-4-10(15)5-3-9)19-20-14-12(17)6-11(16)7-13(14)18/h2-7,20H,1H3/b19-8+. The predicted molar refractivity (Wildman–Crippen MR) is 88.8 cm³/mol. The van der Waals surface area contributed by atoms with Crippen LogP contribution in [-0.2, 0) is 0 Å². The Morgan fingerprint density at radius 2 is 1.45 bits per heavy atom. The van der Waals surface area contributed by atoms with Crippen LogP contribution in [0.4, 0.5) is 5.69 Å². The maximum Gasteiger partial charge on any atom is 0.0935 e. The number of hydrazone groups is 1. The van der Waals surface area contributed by atoms with Crippen LogP contribution in [0.25, 0.3) is 0 Å². The van der Waals surface area contributed by atoms with Crippen molar-refractivity contribution in [1.82, 2.24) is 0 Å². The van der Waals surface area contributed by atoms with E-state index in [2.05, 4.69) is 10.5 Å². The monoisotopic (exact) mass is 346 g/mol. The second-order valence-corrected chi connectivity index (χ2v) is 5.75. The molecular formula is C14H10Cl4N2. The Hall–Kier alpha value is -0.930. The molecule has 2 aromatic carbocycles. The van der Waals surface area contributed by atoms with Gasteiger partial charge in [-0.1, -0.05) is 58.5 Å². The number of anilines is 1. The second-order valence-electron chi connectivity index (χ2n) is 4.06. The normalized spacial score (nSPS) is 11.6. The van der Waals surface area contributed by atoms with E-state index in [-0.39, 0.29) is 0 Å². The van der Waals surface area contributed by atoms with E-state index in [1.54, 1.807) is 24.3 Å². The molecule has 104 valence electrons. The van der Waals surface area contributed by atoms with E-state index in [1.807, 2.05) is 19.1 Å². The fraction of sp³-hybridized carbons (Fsp3) is 0.0714. The van der Waals surface area contributed by atoms with Gasteiger partial charge in [-0.2, -0.15) is 5.10 Å². The van der Waals surface area contributed by atoms with Crippen LogP contribution in [0, 0.1) is 0 Å². The van der Waals surface area contributed by atoms with Crippen molar-refractivity contribution in [3.8, 4) is 0 Å². The minimum absolute atomic E-state index is 0.412. The Morgan fingerprint density at radius 3 is 2.00 bits per heavy atom. The van der Waals surface area contributed by atoms with Gasteiger partial charge < -0.3 is 0 Å². The third kappa shape index (κ3) is 3.80. The van der Waals surface area contributed by atoms with Crippen molar-refractivity contribution in [3.05, 3.63) is 62.1 Å². The third-order valence-electron chi connectivity index (χ3n) is 2.60. The van der Waals surface area contributed by atoms with Crippen LogP contribution in [0.1, 0.15) is 12.5 Å². The second kappa shape index (κ2) is 6.68. The van der Waals surface area contributed by atoms with E-state index < -0.39 is 0 Å². The molecule has 6 heteroatoms. The maximum absolute atomic E-state index is 6.07. The molecular weight excluding hydrogens is 338 g/mol. The fourth-order valence-corrected chi connectivity index (χ4v) is 2.57. The zero-order valence-corrected chi connectivity index (χ0v) is 13.4. The van der Waals surface area contributed by atoms with Crippen molar-refractivity contribution >= 4 is 57.8 Å². The number of rotatable bonds is 3. The highest BCUT2D eigenvalue weighted by Gasteiger charge is 2.07. The first-order valence-corrected chi connectivity index (χ1v) is 7.19. The van der Waals surface area contributed by atoms with Crippen molar-refractivity contribution in [2.75, 3.05) is 5.43 Å². The first-order valence-electron chi connectivity index (χ1n) is 5.68. The minimum Gasteiger partial charge on any atom is -0.275 e. The fourth-order valence-electron chi connectivity index (χ4n) is 1.54. The van der Waals surface area contributed by atoms with Gasteiger partial charge in [0.25, 0.3) is 0 Å². The van der Waals surface area contributed by atoms with Crippen LogP contribution in [0.2, 0.25) is 20.1 Å². The molecule has 0 atom stereocenters. The van der Waals surface area contributed by atoms with Gasteiger partial charge in [-0.25, -0.2) is 0 Å². The summed E-state index contributed by atoms with van der Waals surface area (Å²) in [5, 5.41) is 6.24. The van der Waals surface area contributed by atoms with E-state index >= 15 is 0 Å². The largest absolute Gasteiger partial charge is 0.275 e. The predicted octanol–water partition coefficient (Wildman–Crippen LogP) is 6.14. The van der Waals surface area contributed by atoms with Crippen molar-refractivity contribution in [3.63, 3.8) is 0 Å². The molecule has 0 fully saturated rings. The molecule has 0 bridgehead atoms. The number of benzene rings is 2. The highest BCUT2D eigenvalue weighted by atomic mass is 35.5. The van der Waals surface area contributed by atoms with E-state index in [0.29, 0.717) is 25.8 Å². The van der Waals surface area contributed by atoms with Crippen LogP contribution >= 0.6 is 46.4 Å². The topological polar surface area (TPSA) is 24.4 Å². The summed E-state index contributed by atoms with van der Waals surface area (Å²) in [7, 11) is 0. The molecule has 0 aliphatic rings. The van der Waals surface area contributed by atoms with Crippen LogP contribution in [0.3, 0.4) is 0 Å². The molecule has 0 aliphatic heterocycles. The van der Waals surface area contributed by atoms with Gasteiger partial charge in [0.1, 0.15) is 0 Å². The molecule has 0 amide bonds. The number of halogens is 4. The van der Waals surface area contributed by atoms with Crippen molar-refractivity contribution < 1.29 is 0 Å². The molecule has 0 radical (unpaired) electrons. The number of hydrogen-bond donors (Lipinski definition) is 1. The first-order chi connectivity index (χ1) is 9.47. The van der Waals surface area contributed by atoms with E-state index in [0.717, 1.165) is 11.3 Å². The molecule has 0 spiro atoms. The lowest BCUT2D eigenvalue weighted by molar-refractivity contribution is 1.32. The Morgan fingerprint density at radius 1 is 0.900 bits per heavy atom. The lowest BCUT2D eigenvalue weighted by Gasteiger charge is -2.08. The third-order valence-corrected chi connectivity index (χ3v) is 3.67. The van der Waals surface area contributed by atoms with Gasteiger partial charge in [-0.15, -0.1) is 0 Å². The molecule has 0 aliphatic carbocycles. The van der Waals surface area contributed by atoms with Gasteiger partial charge in [0.15, 0.2) is 0 Å². The molecule has 0 saturated carbocycles. The molecule has 2 nitrogen and oxygen atoms in total. The van der Waals surface area contributed by atoms with Crippen molar-refractivity contribution in [2.45, 2.75) is 6.92 Å². The molecule has 0 saturated heterocycles. The van der Waals surface area contributed by atoms with Crippen LogP contribution < -0.4 is 5.43 Å². The number of hydrogen-bond acceptors (Lipinski definition) is 2. The summed E-state index contributed by atoms with van der Waals surface area (Å²) in [5.41, 5.74) is 5.10. The van der Waals surface area contributed by atoms with Gasteiger partial charge >= 0.3 is 0 Å². The molecule has 0 unspecified atom stereocenters. The Kier molecular flexibility index (Phi) is 5.17. The summed E-state index contributed by atoms with van der Waals surface area (Å²) < 4.78 is 0. The smallest absolute Gasteiger partial charge is 0.0935 e.